The summed E-state index contributed by atoms with van der Waals surface area (Å²) in [6.07, 6.45) is 0. The van der Waals surface area contributed by atoms with Gasteiger partial charge in [0.05, 0.1) is 4.52 Å². The third-order valence-corrected chi connectivity index (χ3v) is 22.9. The van der Waals surface area contributed by atoms with E-state index >= 15 is 0 Å². The van der Waals surface area contributed by atoms with E-state index in [2.05, 4.69) is 105 Å². The maximum atomic E-state index is 12.5. The number of rotatable bonds is 30. The lowest BCUT2D eigenvalue weighted by molar-refractivity contribution is -0.144. The number of esters is 6. The highest BCUT2D eigenvalue weighted by molar-refractivity contribution is 9.10. The maximum absolute atomic E-state index is 12.5. The normalized spacial score (nSPS) is 18.8. The number of nitrogens with one attached hydrogen (secondary N) is 2. The number of alkyl halides is 6. The van der Waals surface area contributed by atoms with Gasteiger partial charge in [-0.2, -0.15) is 0 Å². The summed E-state index contributed by atoms with van der Waals surface area (Å²) in [4.78, 5) is 78.8. The van der Waals surface area contributed by atoms with Crippen LogP contribution in [0.25, 0.3) is 0 Å². The van der Waals surface area contributed by atoms with Gasteiger partial charge in [-0.05, 0) is 148 Å². The molecule has 0 amide bonds. The number of benzene rings is 6. The molecule has 0 saturated heterocycles. The molecule has 30 heteroatoms. The molecule has 0 aromatic heterocycles. The van der Waals surface area contributed by atoms with E-state index in [0.29, 0.717) is 33.4 Å². The van der Waals surface area contributed by atoms with Gasteiger partial charge in [0.1, 0.15) is 85.0 Å². The fourth-order valence-electron chi connectivity index (χ4n) is 7.21. The standard InChI is InChI=1S/C60H62Br6N3O18P3/c1-37(61)55(70)76-31-43-7-19-49(20-8-43)82-88(83-50-21-9-44(10-22-50)32-77-56(71)38(2)62)67-89(84-51-23-11-45(12-24-51)33-78-57(72)39(3)63,85-52-25-13-46(14-26-52)34-79-58(73)40(4)64)69-90(68-88,86-53-27-15-47(16-28-53)35-80-59(74)41(5)65)87-54-29-17-48(18-30-54)36-81-60(75)42(6)66/h7-30,37-42,67-68H,31-36H2,1-6H3/q+2. The monoisotopic (exact) mass is 1680 g/mol. The van der Waals surface area contributed by atoms with Crippen molar-refractivity contribution in [2.45, 2.75) is 110 Å². The molecule has 0 radical (unpaired) electrons. The van der Waals surface area contributed by atoms with Gasteiger partial charge in [-0.15, -0.1) is 0 Å². The lowest BCUT2D eigenvalue weighted by Crippen LogP contribution is -2.41. The largest absolute Gasteiger partial charge is 0.617 e. The lowest BCUT2D eigenvalue weighted by atomic mass is 10.2. The van der Waals surface area contributed by atoms with E-state index in [1.54, 1.807) is 187 Å². The molecule has 0 spiro atoms. The molecule has 1 aliphatic rings. The van der Waals surface area contributed by atoms with Crippen LogP contribution in [0.15, 0.2) is 150 Å². The Balaban J connectivity index is 1.47. The van der Waals surface area contributed by atoms with Crippen LogP contribution >= 0.6 is 119 Å². The summed E-state index contributed by atoms with van der Waals surface area (Å²) in [7, 11) is -13.2. The first-order chi connectivity index (χ1) is 42.8. The molecule has 7 rings (SSSR count). The van der Waals surface area contributed by atoms with Gasteiger partial charge in [-0.3, -0.25) is 46.9 Å². The van der Waals surface area contributed by atoms with Gasteiger partial charge < -0.3 is 37.5 Å². The zero-order valence-electron chi connectivity index (χ0n) is 49.0. The molecule has 480 valence electrons. The lowest BCUT2D eigenvalue weighted by Gasteiger charge is -2.34. The summed E-state index contributed by atoms with van der Waals surface area (Å²) < 4.78 is 81.4. The van der Waals surface area contributed by atoms with E-state index in [1.165, 1.54) is 0 Å². The van der Waals surface area contributed by atoms with Gasteiger partial charge in [0.25, 0.3) is 0 Å². The average Bonchev–Trinajstić information content (AvgIpc) is 0.795. The number of ether oxygens (including phenoxy) is 6. The molecule has 0 fully saturated rings. The zero-order valence-corrected chi connectivity index (χ0v) is 61.2. The molecule has 1 heterocycles. The highest BCUT2D eigenvalue weighted by atomic mass is 79.9. The van der Waals surface area contributed by atoms with Crippen molar-refractivity contribution in [3.63, 3.8) is 0 Å². The zero-order chi connectivity index (χ0) is 65.2. The van der Waals surface area contributed by atoms with Crippen molar-refractivity contribution in [1.29, 1.82) is 0 Å². The van der Waals surface area contributed by atoms with Crippen LogP contribution in [0.5, 0.6) is 34.5 Å². The van der Waals surface area contributed by atoms with Crippen molar-refractivity contribution in [2.75, 3.05) is 0 Å². The van der Waals surface area contributed by atoms with Gasteiger partial charge in [-0.1, -0.05) is 168 Å². The fraction of sp³-hybridized carbons (Fsp3) is 0.300. The van der Waals surface area contributed by atoms with Gasteiger partial charge in [0.2, 0.25) is 0 Å². The topological polar surface area (TPSA) is 250 Å². The minimum absolute atomic E-state index is 0.0640. The summed E-state index contributed by atoms with van der Waals surface area (Å²) in [6.45, 7) is 9.53. The van der Waals surface area contributed by atoms with E-state index < -0.39 is 88.5 Å². The Kier molecular flexibility index (Phi) is 27.4. The van der Waals surface area contributed by atoms with Crippen molar-refractivity contribution >= 4 is 155 Å². The molecule has 21 nitrogen and oxygen atoms in total. The van der Waals surface area contributed by atoms with Crippen LogP contribution in [-0.2, 0) is 96.8 Å². The molecule has 0 saturated carbocycles. The van der Waals surface area contributed by atoms with Gasteiger partial charge in [-0.25, -0.2) is 0 Å². The van der Waals surface area contributed by atoms with Gasteiger partial charge in [0.15, 0.2) is 23.0 Å². The number of hydrogen-bond donors (Lipinski definition) is 2. The Bertz CT molecular complexity index is 3250. The van der Waals surface area contributed by atoms with E-state index in [1.807, 2.05) is 0 Å². The summed E-state index contributed by atoms with van der Waals surface area (Å²) >= 11 is 19.5. The van der Waals surface area contributed by atoms with Crippen molar-refractivity contribution in [1.82, 2.24) is 9.72 Å². The summed E-state index contributed by atoms with van der Waals surface area (Å²) in [5, 5.41) is 0. The molecule has 1 aliphatic heterocycles. The van der Waals surface area contributed by atoms with Crippen molar-refractivity contribution < 1.29 is 84.3 Å². The third-order valence-electron chi connectivity index (χ3n) is 11.9. The van der Waals surface area contributed by atoms with Crippen LogP contribution < -0.4 is 36.9 Å². The van der Waals surface area contributed by atoms with E-state index in [-0.39, 0.29) is 74.1 Å². The number of hydrogen-bond acceptors (Lipinski definition) is 21. The molecule has 6 aromatic rings. The van der Waals surface area contributed by atoms with Crippen LogP contribution in [0.3, 0.4) is 0 Å². The Morgan fingerprint density at radius 2 is 0.544 bits per heavy atom. The molecule has 6 atom stereocenters. The van der Waals surface area contributed by atoms with Crippen LogP contribution in [0, 0.1) is 0 Å². The van der Waals surface area contributed by atoms with Crippen LogP contribution in [0.4, 0.5) is 0 Å². The summed E-state index contributed by atoms with van der Waals surface area (Å²) in [5.41, 5.74) is 3.67. The van der Waals surface area contributed by atoms with Gasteiger partial charge >= 0.3 is 59.5 Å². The summed E-state index contributed by atoms with van der Waals surface area (Å²) in [5.74, 6) is -1.72. The predicted octanol–water partition coefficient (Wildman–Crippen LogP) is 15.9. The third kappa shape index (κ3) is 22.6. The highest BCUT2D eigenvalue weighted by Gasteiger charge is 2.75. The molecule has 2 N–H and O–H groups in total. The Hall–Kier alpha value is -5.17. The predicted molar refractivity (Wildman–Crippen MR) is 361 cm³/mol. The van der Waals surface area contributed by atoms with Crippen molar-refractivity contribution in [3.05, 3.63) is 179 Å². The first kappa shape index (κ1) is 72.3. The molecule has 6 aromatic carbocycles. The number of carbonyl (C=O) groups is 6. The number of halogens is 6. The maximum Gasteiger partial charge on any atom is 0.617 e. The smallest absolute Gasteiger partial charge is 0.460 e. The van der Waals surface area contributed by atoms with Crippen LogP contribution in [0.2, 0.25) is 0 Å². The minimum atomic E-state index is -4.43. The number of nitrogens with zero attached hydrogens (tertiary/aromatic N) is 1. The van der Waals surface area contributed by atoms with E-state index in [4.69, 9.17) is 60.1 Å². The molecular weight excluding hydrogens is 1620 g/mol. The van der Waals surface area contributed by atoms with Crippen molar-refractivity contribution in [3.8, 4) is 34.5 Å². The van der Waals surface area contributed by atoms with Crippen LogP contribution in [-0.4, -0.2) is 64.8 Å². The first-order valence-corrected chi connectivity index (χ1v) is 37.6. The summed E-state index contributed by atoms with van der Waals surface area (Å²) in [6, 6.07) is 39.9. The molecule has 0 bridgehead atoms. The molecule has 6 unspecified atom stereocenters. The first-order valence-electron chi connectivity index (χ1n) is 27.4. The molecule has 0 aliphatic carbocycles. The second kappa shape index (κ2) is 34.1. The average molecular weight is 1690 g/mol. The van der Waals surface area contributed by atoms with Crippen molar-refractivity contribution in [2.24, 2.45) is 4.52 Å². The number of carbonyl (C=O) groups excluding carboxylic acids is 6. The Labute approximate surface area is 572 Å². The van der Waals surface area contributed by atoms with E-state index in [0.717, 1.165) is 0 Å². The van der Waals surface area contributed by atoms with Gasteiger partial charge in [0, 0.05) is 4.86 Å². The highest BCUT2D eigenvalue weighted by Crippen LogP contribution is 2.80. The molecule has 90 heavy (non-hydrogen) atoms. The second-order valence-corrected chi connectivity index (χ2v) is 34.5. The second-order valence-electron chi connectivity index (χ2n) is 19.6. The molecular formula is C60H62Br6N3O18P3+2. The quantitative estimate of drug-likeness (QED) is 0.0184. The minimum Gasteiger partial charge on any atom is -0.460 e. The SMILES string of the molecule is CC(Br)C(=O)OCc1ccc(OP2(Oc3ccc(COC(=O)C(C)Br)cc3)=N[P+](Oc3ccc(COC(=O)C(C)Br)cc3)(Oc3ccc(COC(=O)C(C)Br)cc3)N[P+](Oc3ccc(COC(=O)C(C)Br)cc3)(Oc3ccc(COC(=O)C(C)Br)cc3)N2)cc1. The fourth-order valence-corrected chi connectivity index (χ4v) is 18.0. The Morgan fingerprint density at radius 3 is 0.756 bits per heavy atom. The van der Waals surface area contributed by atoms with Crippen LogP contribution in [0.1, 0.15) is 74.9 Å². The van der Waals surface area contributed by atoms with E-state index in [9.17, 15) is 28.8 Å². The Morgan fingerprint density at radius 1 is 0.344 bits per heavy atom.